The fourth-order valence-corrected chi connectivity index (χ4v) is 3.29. The highest BCUT2D eigenvalue weighted by molar-refractivity contribution is 8.13. The van der Waals surface area contributed by atoms with Crippen molar-refractivity contribution in [2.45, 2.75) is 50.0 Å². The third kappa shape index (κ3) is 3.76. The summed E-state index contributed by atoms with van der Waals surface area (Å²) in [7, 11) is 1.38. The molecule has 7 heteroatoms. The molecule has 0 aromatic carbocycles. The van der Waals surface area contributed by atoms with Gasteiger partial charge >= 0.3 is 5.97 Å². The summed E-state index contributed by atoms with van der Waals surface area (Å²) in [4.78, 5) is 14.4. The Balaban J connectivity index is 2.00. The van der Waals surface area contributed by atoms with Crippen LogP contribution in [0, 0.1) is 5.92 Å². The van der Waals surface area contributed by atoms with Crippen molar-refractivity contribution in [1.82, 2.24) is 4.98 Å². The van der Waals surface area contributed by atoms with Gasteiger partial charge in [-0.15, -0.1) is 0 Å². The van der Waals surface area contributed by atoms with Crippen LogP contribution in [0.2, 0.25) is 0 Å². The lowest BCUT2D eigenvalue weighted by Gasteiger charge is -2.27. The van der Waals surface area contributed by atoms with E-state index in [0.29, 0.717) is 5.92 Å². The summed E-state index contributed by atoms with van der Waals surface area (Å²) in [6.45, 7) is 2.14. The first-order valence-corrected chi connectivity index (χ1v) is 9.05. The second kappa shape index (κ2) is 6.18. The minimum atomic E-state index is -3.83. The summed E-state index contributed by atoms with van der Waals surface area (Å²) in [5, 5.41) is 0. The molecule has 20 heavy (non-hydrogen) atoms. The van der Waals surface area contributed by atoms with Gasteiger partial charge in [-0.1, -0.05) is 19.8 Å². The molecule has 2 unspecified atom stereocenters. The first-order chi connectivity index (χ1) is 9.40. The first kappa shape index (κ1) is 15.4. The van der Waals surface area contributed by atoms with E-state index in [1.165, 1.54) is 18.7 Å². The summed E-state index contributed by atoms with van der Waals surface area (Å²) < 4.78 is 27.7. The molecule has 1 aliphatic rings. The van der Waals surface area contributed by atoms with Gasteiger partial charge in [-0.2, -0.15) is 0 Å². The van der Waals surface area contributed by atoms with Gasteiger partial charge in [0.25, 0.3) is 9.05 Å². The zero-order valence-corrected chi connectivity index (χ0v) is 12.8. The van der Waals surface area contributed by atoms with Crippen LogP contribution in [0.1, 0.15) is 49.5 Å². The number of halogens is 1. The molecule has 2 atom stereocenters. The third-order valence-electron chi connectivity index (χ3n) is 3.74. The van der Waals surface area contributed by atoms with E-state index in [1.807, 2.05) is 0 Å². The normalized spacial score (nSPS) is 23.5. The molecule has 0 radical (unpaired) electrons. The predicted molar refractivity (Wildman–Crippen MR) is 75.3 cm³/mol. The molecule has 1 N–H and O–H groups in total. The lowest BCUT2D eigenvalue weighted by atomic mass is 9.85. The van der Waals surface area contributed by atoms with Crippen LogP contribution >= 0.6 is 10.7 Å². The van der Waals surface area contributed by atoms with Crippen molar-refractivity contribution in [3.05, 3.63) is 18.0 Å². The van der Waals surface area contributed by atoms with E-state index in [2.05, 4.69) is 11.9 Å². The molecule has 0 saturated heterocycles. The van der Waals surface area contributed by atoms with Gasteiger partial charge in [0.05, 0.1) is 0 Å². The lowest BCUT2D eigenvalue weighted by Crippen LogP contribution is -2.25. The maximum atomic E-state index is 12.0. The van der Waals surface area contributed by atoms with E-state index in [0.717, 1.165) is 25.7 Å². The van der Waals surface area contributed by atoms with Gasteiger partial charge in [0, 0.05) is 16.9 Å². The third-order valence-corrected chi connectivity index (χ3v) is 5.08. The van der Waals surface area contributed by atoms with Crippen molar-refractivity contribution in [3.8, 4) is 0 Å². The molecule has 0 spiro atoms. The molecule has 0 amide bonds. The van der Waals surface area contributed by atoms with Crippen molar-refractivity contribution >= 4 is 25.7 Å². The molecule has 2 rings (SSSR count). The Hall–Kier alpha value is -1.01. The minimum Gasteiger partial charge on any atom is -0.458 e. The van der Waals surface area contributed by atoms with Gasteiger partial charge in [-0.25, -0.2) is 13.2 Å². The van der Waals surface area contributed by atoms with Gasteiger partial charge in [0.15, 0.2) is 0 Å². The average Bonchev–Trinajstić information content (AvgIpc) is 2.88. The fraction of sp³-hybridized carbons (Fsp3) is 0.615. The largest absolute Gasteiger partial charge is 0.458 e. The predicted octanol–water partition coefficient (Wildman–Crippen LogP) is 3.07. The average molecular weight is 320 g/mol. The molecule has 112 valence electrons. The number of esters is 1. The molecule has 1 saturated carbocycles. The van der Waals surface area contributed by atoms with Crippen LogP contribution in [0.5, 0.6) is 0 Å². The highest BCUT2D eigenvalue weighted by Gasteiger charge is 2.25. The van der Waals surface area contributed by atoms with Crippen molar-refractivity contribution < 1.29 is 17.9 Å². The van der Waals surface area contributed by atoms with Crippen LogP contribution in [0.15, 0.2) is 17.2 Å². The van der Waals surface area contributed by atoms with E-state index in [4.69, 9.17) is 15.4 Å². The molecule has 1 aliphatic carbocycles. The Bertz CT molecular complexity index is 581. The minimum absolute atomic E-state index is 0.0828. The molecule has 0 bridgehead atoms. The van der Waals surface area contributed by atoms with Crippen molar-refractivity contribution in [1.29, 1.82) is 0 Å². The van der Waals surface area contributed by atoms with Gasteiger partial charge in [0.2, 0.25) is 0 Å². The molecular formula is C13H18ClNO4S. The van der Waals surface area contributed by atoms with Gasteiger partial charge in [-0.05, 0) is 31.2 Å². The Morgan fingerprint density at radius 2 is 2.25 bits per heavy atom. The summed E-state index contributed by atoms with van der Waals surface area (Å²) in [5.41, 5.74) is 0.114. The monoisotopic (exact) mass is 319 g/mol. The molecule has 1 heterocycles. The standard InChI is InChI=1S/C13H18ClNO4S/c1-2-9-4-3-5-10(6-9)19-13(16)12-7-11(8-15-12)20(14,17)18/h7-10,15H,2-6H2,1H3. The zero-order valence-electron chi connectivity index (χ0n) is 11.3. The van der Waals surface area contributed by atoms with Gasteiger partial charge in [0.1, 0.15) is 16.7 Å². The van der Waals surface area contributed by atoms with Crippen LogP contribution in [-0.4, -0.2) is 25.5 Å². The number of hydrogen-bond acceptors (Lipinski definition) is 4. The van der Waals surface area contributed by atoms with Gasteiger partial charge in [-0.3, -0.25) is 0 Å². The summed E-state index contributed by atoms with van der Waals surface area (Å²) in [6, 6.07) is 1.20. The second-order valence-corrected chi connectivity index (χ2v) is 7.72. The van der Waals surface area contributed by atoms with Crippen LogP contribution in [0.25, 0.3) is 0 Å². The van der Waals surface area contributed by atoms with E-state index in [9.17, 15) is 13.2 Å². The fourth-order valence-electron chi connectivity index (χ4n) is 2.57. The Kier molecular flexibility index (Phi) is 4.75. The number of ether oxygens (including phenoxy) is 1. The smallest absolute Gasteiger partial charge is 0.355 e. The molecule has 1 fully saturated rings. The molecule has 1 aromatic rings. The number of carbonyl (C=O) groups is 1. The van der Waals surface area contributed by atoms with E-state index in [1.54, 1.807) is 0 Å². The Morgan fingerprint density at radius 1 is 1.50 bits per heavy atom. The second-order valence-electron chi connectivity index (χ2n) is 5.16. The number of nitrogens with one attached hydrogen (secondary N) is 1. The Morgan fingerprint density at radius 3 is 2.85 bits per heavy atom. The van der Waals surface area contributed by atoms with Crippen LogP contribution in [0.3, 0.4) is 0 Å². The maximum Gasteiger partial charge on any atom is 0.355 e. The Labute approximate surface area is 123 Å². The van der Waals surface area contributed by atoms with E-state index >= 15 is 0 Å². The molecule has 0 aliphatic heterocycles. The number of aromatic amines is 1. The van der Waals surface area contributed by atoms with Gasteiger partial charge < -0.3 is 9.72 Å². The number of H-pyrrole nitrogens is 1. The van der Waals surface area contributed by atoms with Crippen molar-refractivity contribution in [3.63, 3.8) is 0 Å². The molecule has 5 nitrogen and oxygen atoms in total. The molecule has 1 aromatic heterocycles. The zero-order chi connectivity index (χ0) is 14.8. The summed E-state index contributed by atoms with van der Waals surface area (Å²) in [5.74, 6) is 0.0716. The number of rotatable bonds is 4. The highest BCUT2D eigenvalue weighted by Crippen LogP contribution is 2.29. The lowest BCUT2D eigenvalue weighted by molar-refractivity contribution is 0.0134. The number of hydrogen-bond donors (Lipinski definition) is 1. The SMILES string of the molecule is CCC1CCCC(OC(=O)c2cc(S(=O)(=O)Cl)c[nH]2)C1. The van der Waals surface area contributed by atoms with Crippen LogP contribution < -0.4 is 0 Å². The number of aromatic nitrogens is 1. The highest BCUT2D eigenvalue weighted by atomic mass is 35.7. The van der Waals surface area contributed by atoms with Crippen molar-refractivity contribution in [2.75, 3.05) is 0 Å². The summed E-state index contributed by atoms with van der Waals surface area (Å²) >= 11 is 0. The van der Waals surface area contributed by atoms with E-state index in [-0.39, 0.29) is 16.7 Å². The van der Waals surface area contributed by atoms with Crippen LogP contribution in [-0.2, 0) is 13.8 Å². The first-order valence-electron chi connectivity index (χ1n) is 6.74. The number of carbonyl (C=O) groups excluding carboxylic acids is 1. The quantitative estimate of drug-likeness (QED) is 0.683. The maximum absolute atomic E-state index is 12.0. The van der Waals surface area contributed by atoms with E-state index < -0.39 is 15.0 Å². The van der Waals surface area contributed by atoms with Crippen LogP contribution in [0.4, 0.5) is 0 Å². The molecular weight excluding hydrogens is 302 g/mol. The van der Waals surface area contributed by atoms with Crippen molar-refractivity contribution in [2.24, 2.45) is 5.92 Å². The summed E-state index contributed by atoms with van der Waals surface area (Å²) in [6.07, 6.45) is 6.18. The topological polar surface area (TPSA) is 76.2 Å².